The van der Waals surface area contributed by atoms with Crippen molar-refractivity contribution in [1.82, 2.24) is 5.32 Å². The van der Waals surface area contributed by atoms with Gasteiger partial charge in [-0.25, -0.2) is 9.18 Å². The number of halogens is 1. The zero-order chi connectivity index (χ0) is 15.1. The van der Waals surface area contributed by atoms with E-state index >= 15 is 0 Å². The molecular formula is C13H16FNO5. The van der Waals surface area contributed by atoms with Crippen molar-refractivity contribution in [3.8, 4) is 11.5 Å². The number of ether oxygens (including phenoxy) is 2. The van der Waals surface area contributed by atoms with Crippen LogP contribution in [0.5, 0.6) is 11.5 Å². The van der Waals surface area contributed by atoms with Gasteiger partial charge in [-0.1, -0.05) is 0 Å². The molecule has 0 saturated carbocycles. The van der Waals surface area contributed by atoms with E-state index in [1.165, 1.54) is 14.0 Å². The van der Waals surface area contributed by atoms with Gasteiger partial charge in [0.1, 0.15) is 18.2 Å². The minimum atomic E-state index is -1.57. The standard InChI is InChI=1S/C13H16FNO5/c1-8(12(16)15-11(7-14)13(17)18)20-10-5-3-9(19-2)4-6-10/h3-6,8,11H,7H2,1-2H3,(H,15,16)(H,17,18). The number of alkyl halides is 1. The summed E-state index contributed by atoms with van der Waals surface area (Å²) in [5.41, 5.74) is 0. The van der Waals surface area contributed by atoms with Crippen molar-refractivity contribution in [3.05, 3.63) is 24.3 Å². The third-order valence-electron chi connectivity index (χ3n) is 2.51. The van der Waals surface area contributed by atoms with Gasteiger partial charge in [-0.3, -0.25) is 4.79 Å². The Morgan fingerprint density at radius 3 is 2.30 bits per heavy atom. The number of methoxy groups -OCH3 is 1. The topological polar surface area (TPSA) is 84.9 Å². The van der Waals surface area contributed by atoms with E-state index in [9.17, 15) is 14.0 Å². The summed E-state index contributed by atoms with van der Waals surface area (Å²) in [6.07, 6.45) is -0.947. The van der Waals surface area contributed by atoms with Crippen LogP contribution in [0.2, 0.25) is 0 Å². The van der Waals surface area contributed by atoms with E-state index in [4.69, 9.17) is 14.6 Å². The number of aliphatic carboxylic acids is 1. The van der Waals surface area contributed by atoms with Gasteiger partial charge in [0.15, 0.2) is 12.1 Å². The summed E-state index contributed by atoms with van der Waals surface area (Å²) in [7, 11) is 1.52. The Kier molecular flexibility index (Phi) is 5.76. The number of nitrogens with one attached hydrogen (secondary N) is 1. The largest absolute Gasteiger partial charge is 0.497 e. The average Bonchev–Trinajstić information content (AvgIpc) is 2.44. The first-order valence-electron chi connectivity index (χ1n) is 5.87. The highest BCUT2D eigenvalue weighted by Crippen LogP contribution is 2.18. The minimum absolute atomic E-state index is 0.417. The number of hydrogen-bond acceptors (Lipinski definition) is 4. The smallest absolute Gasteiger partial charge is 0.328 e. The van der Waals surface area contributed by atoms with Crippen LogP contribution < -0.4 is 14.8 Å². The second-order valence-corrected chi connectivity index (χ2v) is 3.99. The first kappa shape index (κ1) is 15.7. The molecule has 2 unspecified atom stereocenters. The quantitative estimate of drug-likeness (QED) is 0.780. The summed E-state index contributed by atoms with van der Waals surface area (Å²) < 4.78 is 22.7. The fraction of sp³-hybridized carbons (Fsp3) is 0.385. The molecule has 110 valence electrons. The molecule has 0 aromatic heterocycles. The van der Waals surface area contributed by atoms with Gasteiger partial charge in [-0.15, -0.1) is 0 Å². The maximum Gasteiger partial charge on any atom is 0.328 e. The highest BCUT2D eigenvalue weighted by molar-refractivity contribution is 5.86. The molecule has 0 bridgehead atoms. The van der Waals surface area contributed by atoms with E-state index < -0.39 is 30.7 Å². The number of benzene rings is 1. The molecule has 0 saturated heterocycles. The highest BCUT2D eigenvalue weighted by Gasteiger charge is 2.23. The maximum absolute atomic E-state index is 12.4. The SMILES string of the molecule is COc1ccc(OC(C)C(=O)NC(CF)C(=O)O)cc1. The first-order valence-corrected chi connectivity index (χ1v) is 5.87. The Balaban J connectivity index is 2.58. The number of carboxylic acid groups (broad SMARTS) is 1. The zero-order valence-corrected chi connectivity index (χ0v) is 11.1. The molecule has 1 aromatic rings. The lowest BCUT2D eigenvalue weighted by Crippen LogP contribution is -2.47. The normalized spacial score (nSPS) is 13.2. The Morgan fingerprint density at radius 1 is 1.30 bits per heavy atom. The lowest BCUT2D eigenvalue weighted by atomic mass is 10.3. The monoisotopic (exact) mass is 285 g/mol. The average molecular weight is 285 g/mol. The van der Waals surface area contributed by atoms with Gasteiger partial charge >= 0.3 is 5.97 Å². The molecule has 1 amide bonds. The summed E-state index contributed by atoms with van der Waals surface area (Å²) in [4.78, 5) is 22.3. The zero-order valence-electron chi connectivity index (χ0n) is 11.1. The Hall–Kier alpha value is -2.31. The van der Waals surface area contributed by atoms with Gasteiger partial charge in [0.25, 0.3) is 5.91 Å². The van der Waals surface area contributed by atoms with Crippen molar-refractivity contribution in [2.24, 2.45) is 0 Å². The lowest BCUT2D eigenvalue weighted by molar-refractivity contribution is -0.143. The van der Waals surface area contributed by atoms with E-state index in [1.807, 2.05) is 5.32 Å². The molecule has 0 heterocycles. The van der Waals surface area contributed by atoms with E-state index in [1.54, 1.807) is 24.3 Å². The van der Waals surface area contributed by atoms with Crippen LogP contribution in [0.4, 0.5) is 4.39 Å². The number of rotatable bonds is 7. The third-order valence-corrected chi connectivity index (χ3v) is 2.51. The summed E-state index contributed by atoms with van der Waals surface area (Å²) >= 11 is 0. The number of carboxylic acids is 1. The molecule has 0 fully saturated rings. The van der Waals surface area contributed by atoms with Crippen LogP contribution in [-0.4, -0.2) is 42.9 Å². The molecule has 20 heavy (non-hydrogen) atoms. The van der Waals surface area contributed by atoms with Crippen LogP contribution in [0.3, 0.4) is 0 Å². The van der Waals surface area contributed by atoms with Gasteiger partial charge < -0.3 is 19.9 Å². The predicted octanol–water partition coefficient (Wildman–Crippen LogP) is 1.00. The van der Waals surface area contributed by atoms with Crippen LogP contribution in [0.15, 0.2) is 24.3 Å². The molecule has 6 nitrogen and oxygen atoms in total. The molecule has 2 atom stereocenters. The van der Waals surface area contributed by atoms with E-state index in [2.05, 4.69) is 0 Å². The summed E-state index contributed by atoms with van der Waals surface area (Å²) in [6.45, 7) is 0.257. The summed E-state index contributed by atoms with van der Waals surface area (Å²) in [5.74, 6) is -1.08. The lowest BCUT2D eigenvalue weighted by Gasteiger charge is -2.17. The van der Waals surface area contributed by atoms with E-state index in [0.717, 1.165) is 0 Å². The molecule has 2 N–H and O–H groups in total. The van der Waals surface area contributed by atoms with Crippen LogP contribution in [0.1, 0.15) is 6.92 Å². The van der Waals surface area contributed by atoms with Gasteiger partial charge in [-0.2, -0.15) is 0 Å². The fourth-order valence-corrected chi connectivity index (χ4v) is 1.37. The molecule has 0 spiro atoms. The van der Waals surface area contributed by atoms with Crippen molar-refractivity contribution in [2.75, 3.05) is 13.8 Å². The Morgan fingerprint density at radius 2 is 1.85 bits per heavy atom. The van der Waals surface area contributed by atoms with Crippen molar-refractivity contribution in [3.63, 3.8) is 0 Å². The highest BCUT2D eigenvalue weighted by atomic mass is 19.1. The second-order valence-electron chi connectivity index (χ2n) is 3.99. The fourth-order valence-electron chi connectivity index (χ4n) is 1.37. The first-order chi connectivity index (χ1) is 9.47. The van der Waals surface area contributed by atoms with Gasteiger partial charge in [0.2, 0.25) is 0 Å². The molecule has 0 aliphatic heterocycles. The van der Waals surface area contributed by atoms with Crippen LogP contribution in [-0.2, 0) is 9.59 Å². The van der Waals surface area contributed by atoms with E-state index in [0.29, 0.717) is 11.5 Å². The third kappa shape index (κ3) is 4.42. The molecule has 1 rings (SSSR count). The predicted molar refractivity (Wildman–Crippen MR) is 68.6 cm³/mol. The van der Waals surface area contributed by atoms with Gasteiger partial charge in [0.05, 0.1) is 7.11 Å². The Labute approximate surface area is 115 Å². The van der Waals surface area contributed by atoms with Crippen LogP contribution in [0, 0.1) is 0 Å². The molecule has 7 heteroatoms. The van der Waals surface area contributed by atoms with Crippen LogP contribution >= 0.6 is 0 Å². The van der Waals surface area contributed by atoms with Gasteiger partial charge in [0, 0.05) is 0 Å². The molecule has 1 aromatic carbocycles. The summed E-state index contributed by atoms with van der Waals surface area (Å²) in [6, 6.07) is 4.95. The summed E-state index contributed by atoms with van der Waals surface area (Å²) in [5, 5.41) is 10.7. The Bertz CT molecular complexity index is 462. The van der Waals surface area contributed by atoms with E-state index in [-0.39, 0.29) is 0 Å². The van der Waals surface area contributed by atoms with Crippen LogP contribution in [0.25, 0.3) is 0 Å². The number of carbonyl (C=O) groups is 2. The van der Waals surface area contributed by atoms with Gasteiger partial charge in [-0.05, 0) is 31.2 Å². The minimum Gasteiger partial charge on any atom is -0.497 e. The van der Waals surface area contributed by atoms with Crippen molar-refractivity contribution in [1.29, 1.82) is 0 Å². The number of hydrogen-bond donors (Lipinski definition) is 2. The maximum atomic E-state index is 12.4. The number of amides is 1. The number of carbonyl (C=O) groups excluding carboxylic acids is 1. The van der Waals surface area contributed by atoms with Crippen molar-refractivity contribution >= 4 is 11.9 Å². The molecule has 0 radical (unpaired) electrons. The molecule has 0 aliphatic rings. The second kappa shape index (κ2) is 7.32. The molecular weight excluding hydrogens is 269 g/mol. The molecule has 0 aliphatic carbocycles. The van der Waals surface area contributed by atoms with Crippen molar-refractivity contribution in [2.45, 2.75) is 19.1 Å². The van der Waals surface area contributed by atoms with Crippen molar-refractivity contribution < 1.29 is 28.6 Å².